The lowest BCUT2D eigenvalue weighted by Gasteiger charge is -2.19. The van der Waals surface area contributed by atoms with Crippen molar-refractivity contribution in [2.45, 2.75) is 11.4 Å². The van der Waals surface area contributed by atoms with Crippen LogP contribution in [0.25, 0.3) is 11.3 Å². The molecule has 7 heteroatoms. The zero-order valence-corrected chi connectivity index (χ0v) is 16.1. The summed E-state index contributed by atoms with van der Waals surface area (Å²) in [6.45, 7) is 3.73. The highest BCUT2D eigenvalue weighted by atomic mass is 79.9. The van der Waals surface area contributed by atoms with E-state index in [0.29, 0.717) is 22.5 Å². The minimum atomic E-state index is -0.385. The summed E-state index contributed by atoms with van der Waals surface area (Å²) in [4.78, 5) is 4.58. The Kier molecular flexibility index (Phi) is 4.90. The summed E-state index contributed by atoms with van der Waals surface area (Å²) in [5.41, 5.74) is 3.47. The van der Waals surface area contributed by atoms with Crippen LogP contribution in [-0.2, 0) is 0 Å². The van der Waals surface area contributed by atoms with Crippen molar-refractivity contribution in [2.75, 3.05) is 11.1 Å². The number of benzene rings is 2. The number of rotatable bonds is 4. The maximum atomic E-state index is 6.22. The van der Waals surface area contributed by atoms with Crippen molar-refractivity contribution in [2.24, 2.45) is 0 Å². The summed E-state index contributed by atoms with van der Waals surface area (Å²) in [6.07, 6.45) is 1.42. The predicted molar refractivity (Wildman–Crippen MR) is 107 cm³/mol. The molecular weight excluding hydrogens is 412 g/mol. The molecule has 0 spiro atoms. The number of para-hydroxylation sites is 1. The quantitative estimate of drug-likeness (QED) is 0.463. The van der Waals surface area contributed by atoms with Gasteiger partial charge in [-0.25, -0.2) is 0 Å². The van der Waals surface area contributed by atoms with E-state index in [-0.39, 0.29) is 6.23 Å². The van der Waals surface area contributed by atoms with E-state index in [1.54, 1.807) is 0 Å². The fourth-order valence-electron chi connectivity index (χ4n) is 2.66. The van der Waals surface area contributed by atoms with Crippen LogP contribution in [0.4, 0.5) is 5.69 Å². The molecule has 2 aromatic carbocycles. The van der Waals surface area contributed by atoms with Crippen LogP contribution in [0, 0.1) is 0 Å². The van der Waals surface area contributed by atoms with E-state index in [2.05, 4.69) is 43.0 Å². The minimum absolute atomic E-state index is 0.385. The summed E-state index contributed by atoms with van der Waals surface area (Å²) in [6, 6.07) is 15.9. The number of hydrogen-bond donors (Lipinski definition) is 1. The van der Waals surface area contributed by atoms with Gasteiger partial charge in [-0.1, -0.05) is 64.1 Å². The van der Waals surface area contributed by atoms with Gasteiger partial charge in [-0.05, 0) is 18.2 Å². The van der Waals surface area contributed by atoms with Gasteiger partial charge in [-0.2, -0.15) is 4.98 Å². The van der Waals surface area contributed by atoms with Gasteiger partial charge < -0.3 is 10.1 Å². The van der Waals surface area contributed by atoms with Crippen LogP contribution in [0.5, 0.6) is 5.88 Å². The van der Waals surface area contributed by atoms with E-state index in [0.717, 1.165) is 21.3 Å². The molecule has 3 aromatic rings. The smallest absolute Gasteiger partial charge is 0.247 e. The molecule has 0 radical (unpaired) electrons. The van der Waals surface area contributed by atoms with Crippen molar-refractivity contribution < 1.29 is 4.74 Å². The van der Waals surface area contributed by atoms with E-state index >= 15 is 0 Å². The third-order valence-electron chi connectivity index (χ3n) is 3.82. The van der Waals surface area contributed by atoms with E-state index in [1.165, 1.54) is 11.8 Å². The molecule has 1 unspecified atom stereocenters. The summed E-state index contributed by atoms with van der Waals surface area (Å²) in [5, 5.41) is 12.6. The molecule has 4 rings (SSSR count). The highest BCUT2D eigenvalue weighted by Gasteiger charge is 2.26. The maximum Gasteiger partial charge on any atom is 0.247 e. The van der Waals surface area contributed by atoms with Gasteiger partial charge in [0.15, 0.2) is 11.9 Å². The second kappa shape index (κ2) is 7.47. The molecule has 0 saturated carbocycles. The summed E-state index contributed by atoms with van der Waals surface area (Å²) in [7, 11) is 0. The lowest BCUT2D eigenvalue weighted by Crippen LogP contribution is -2.17. The summed E-state index contributed by atoms with van der Waals surface area (Å²) >= 11 is 4.99. The van der Waals surface area contributed by atoms with Crippen LogP contribution >= 0.6 is 27.7 Å². The average molecular weight is 427 g/mol. The molecule has 0 aliphatic carbocycles. The molecule has 1 atom stereocenters. The molecule has 26 heavy (non-hydrogen) atoms. The Morgan fingerprint density at radius 1 is 1.19 bits per heavy atom. The van der Waals surface area contributed by atoms with Gasteiger partial charge in [0, 0.05) is 27.0 Å². The molecule has 1 aliphatic rings. The Hall–Kier alpha value is -2.38. The third kappa shape index (κ3) is 3.45. The first-order valence-electron chi connectivity index (χ1n) is 8.01. The fraction of sp³-hybridized carbons (Fsp3) is 0.105. The van der Waals surface area contributed by atoms with Crippen molar-refractivity contribution in [3.05, 3.63) is 71.2 Å². The van der Waals surface area contributed by atoms with Crippen molar-refractivity contribution in [3.8, 4) is 17.1 Å². The number of aromatic nitrogens is 3. The normalized spacial score (nSPS) is 15.0. The van der Waals surface area contributed by atoms with E-state index in [1.807, 2.05) is 54.6 Å². The molecule has 0 fully saturated rings. The van der Waals surface area contributed by atoms with Crippen LogP contribution in [0.3, 0.4) is 0 Å². The lowest BCUT2D eigenvalue weighted by molar-refractivity contribution is 0.225. The first-order valence-corrected chi connectivity index (χ1v) is 9.79. The molecule has 0 bridgehead atoms. The Morgan fingerprint density at radius 3 is 2.92 bits per heavy atom. The monoisotopic (exact) mass is 426 g/mol. The lowest BCUT2D eigenvalue weighted by atomic mass is 10.1. The SMILES string of the molecule is C=CCSc1nnc2c(n1)OC(c1cccc(Br)c1)Nc1ccccc1-2. The van der Waals surface area contributed by atoms with Crippen LogP contribution in [0.2, 0.25) is 0 Å². The molecule has 0 saturated heterocycles. The third-order valence-corrected chi connectivity index (χ3v) is 5.14. The number of fused-ring (bicyclic) bond motifs is 3. The van der Waals surface area contributed by atoms with Gasteiger partial charge in [-0.3, -0.25) is 0 Å². The zero-order valence-electron chi connectivity index (χ0n) is 13.7. The first-order chi connectivity index (χ1) is 12.7. The highest BCUT2D eigenvalue weighted by Crippen LogP contribution is 2.39. The first kappa shape index (κ1) is 17.1. The Bertz CT molecular complexity index is 966. The number of hydrogen-bond acceptors (Lipinski definition) is 6. The minimum Gasteiger partial charge on any atom is -0.448 e. The molecule has 1 N–H and O–H groups in total. The number of ether oxygens (including phenoxy) is 1. The van der Waals surface area contributed by atoms with E-state index in [4.69, 9.17) is 4.74 Å². The average Bonchev–Trinajstić information content (AvgIpc) is 2.83. The van der Waals surface area contributed by atoms with Gasteiger partial charge >= 0.3 is 0 Å². The largest absolute Gasteiger partial charge is 0.448 e. The number of anilines is 1. The molecule has 130 valence electrons. The zero-order chi connectivity index (χ0) is 17.9. The Balaban J connectivity index is 1.80. The van der Waals surface area contributed by atoms with Crippen LogP contribution in [0.15, 0.2) is 70.8 Å². The van der Waals surface area contributed by atoms with Crippen molar-refractivity contribution in [1.29, 1.82) is 0 Å². The van der Waals surface area contributed by atoms with Gasteiger partial charge in [0.2, 0.25) is 11.0 Å². The molecule has 5 nitrogen and oxygen atoms in total. The number of nitrogens with one attached hydrogen (secondary N) is 1. The number of nitrogens with zero attached hydrogens (tertiary/aromatic N) is 3. The Labute approximate surface area is 164 Å². The maximum absolute atomic E-state index is 6.22. The van der Waals surface area contributed by atoms with Gasteiger partial charge in [0.1, 0.15) is 0 Å². The van der Waals surface area contributed by atoms with Crippen molar-refractivity contribution >= 4 is 33.4 Å². The molecule has 1 aromatic heterocycles. The van der Waals surface area contributed by atoms with Crippen LogP contribution in [-0.4, -0.2) is 20.9 Å². The Morgan fingerprint density at radius 2 is 2.08 bits per heavy atom. The molecule has 0 amide bonds. The van der Waals surface area contributed by atoms with E-state index < -0.39 is 0 Å². The second-order valence-corrected chi connectivity index (χ2v) is 7.49. The van der Waals surface area contributed by atoms with E-state index in [9.17, 15) is 0 Å². The van der Waals surface area contributed by atoms with Crippen LogP contribution < -0.4 is 10.1 Å². The summed E-state index contributed by atoms with van der Waals surface area (Å²) < 4.78 is 7.20. The number of thioether (sulfide) groups is 1. The fourth-order valence-corrected chi connectivity index (χ4v) is 3.59. The standard InChI is InChI=1S/C19H15BrN4OS/c1-2-10-26-19-22-18-16(23-24-19)14-8-3-4-9-15(14)21-17(25-18)12-6-5-7-13(20)11-12/h2-9,11,17,21H,1,10H2. The topological polar surface area (TPSA) is 59.9 Å². The molecule has 1 aliphatic heterocycles. The molecular formula is C19H15BrN4OS. The van der Waals surface area contributed by atoms with Crippen LogP contribution in [0.1, 0.15) is 11.8 Å². The molecule has 2 heterocycles. The van der Waals surface area contributed by atoms with Crippen molar-refractivity contribution in [3.63, 3.8) is 0 Å². The van der Waals surface area contributed by atoms with Gasteiger partial charge in [-0.15, -0.1) is 16.8 Å². The summed E-state index contributed by atoms with van der Waals surface area (Å²) in [5.74, 6) is 1.18. The predicted octanol–water partition coefficient (Wildman–Crippen LogP) is 5.08. The van der Waals surface area contributed by atoms with Crippen molar-refractivity contribution in [1.82, 2.24) is 15.2 Å². The highest BCUT2D eigenvalue weighted by molar-refractivity contribution is 9.10. The van der Waals surface area contributed by atoms with Gasteiger partial charge in [0.05, 0.1) is 0 Å². The second-order valence-electron chi connectivity index (χ2n) is 5.59. The van der Waals surface area contributed by atoms with Gasteiger partial charge in [0.25, 0.3) is 0 Å². The number of halogens is 1.